The van der Waals surface area contributed by atoms with Gasteiger partial charge in [-0.15, -0.1) is 0 Å². The van der Waals surface area contributed by atoms with Crippen molar-refractivity contribution in [3.63, 3.8) is 0 Å². The van der Waals surface area contributed by atoms with Crippen LogP contribution in [-0.2, 0) is 0 Å². The molecule has 0 radical (unpaired) electrons. The van der Waals surface area contributed by atoms with Gasteiger partial charge in [-0.25, -0.2) is 0 Å². The molecule has 0 fully saturated rings. The van der Waals surface area contributed by atoms with Gasteiger partial charge in [0, 0.05) is 46.8 Å². The molecular weight excluding hydrogens is 548 g/mol. The molecule has 0 heterocycles. The van der Waals surface area contributed by atoms with Gasteiger partial charge in [0.2, 0.25) is 0 Å². The number of fused-ring (bicyclic) bond motifs is 2. The van der Waals surface area contributed by atoms with Gasteiger partial charge in [0.15, 0.2) is 0 Å². The maximum Gasteiger partial charge on any atom is 0.131 e. The molecule has 6 aromatic carbocycles. The minimum absolute atomic E-state index is 0.680. The van der Waals surface area contributed by atoms with E-state index in [2.05, 4.69) is 72.8 Å². The molecule has 6 rings (SSSR count). The lowest BCUT2D eigenvalue weighted by Crippen LogP contribution is -1.93. The number of aliphatic imine (C=N–C) groups is 2. The van der Waals surface area contributed by atoms with Crippen LogP contribution in [0.4, 0.5) is 11.4 Å². The van der Waals surface area contributed by atoms with Crippen molar-refractivity contribution in [1.82, 2.24) is 0 Å². The second kappa shape index (κ2) is 12.7. The van der Waals surface area contributed by atoms with Gasteiger partial charge >= 0.3 is 0 Å². The van der Waals surface area contributed by atoms with E-state index in [9.17, 15) is 0 Å². The van der Waals surface area contributed by atoms with Crippen molar-refractivity contribution in [2.45, 2.75) is 0 Å². The van der Waals surface area contributed by atoms with Crippen LogP contribution in [0.25, 0.3) is 32.7 Å². The van der Waals surface area contributed by atoms with Gasteiger partial charge in [-0.05, 0) is 57.9 Å². The van der Waals surface area contributed by atoms with Crippen molar-refractivity contribution in [2.24, 2.45) is 9.98 Å². The largest absolute Gasteiger partial charge is 0.497 e. The number of benzene rings is 6. The van der Waals surface area contributed by atoms with Gasteiger partial charge < -0.3 is 18.9 Å². The Hall–Kier alpha value is -5.62. The lowest BCUT2D eigenvalue weighted by atomic mass is 9.91. The van der Waals surface area contributed by atoms with Gasteiger partial charge in [-0.3, -0.25) is 9.98 Å². The topological polar surface area (TPSA) is 61.6 Å². The summed E-state index contributed by atoms with van der Waals surface area (Å²) in [6.45, 7) is 0. The first-order valence-electron chi connectivity index (χ1n) is 14.2. The van der Waals surface area contributed by atoms with E-state index in [1.165, 1.54) is 0 Å². The molecule has 0 spiro atoms. The van der Waals surface area contributed by atoms with Crippen molar-refractivity contribution in [1.29, 1.82) is 0 Å². The van der Waals surface area contributed by atoms with E-state index >= 15 is 0 Å². The van der Waals surface area contributed by atoms with Crippen molar-refractivity contribution in [3.8, 4) is 34.1 Å². The lowest BCUT2D eigenvalue weighted by Gasteiger charge is -2.16. The van der Waals surface area contributed by atoms with Gasteiger partial charge in [0.1, 0.15) is 23.0 Å². The van der Waals surface area contributed by atoms with Crippen molar-refractivity contribution in [2.75, 3.05) is 28.4 Å². The highest BCUT2D eigenvalue weighted by Crippen LogP contribution is 2.45. The van der Waals surface area contributed by atoms with Gasteiger partial charge in [-0.1, -0.05) is 60.7 Å². The number of methoxy groups -OCH3 is 4. The maximum absolute atomic E-state index is 5.64. The summed E-state index contributed by atoms with van der Waals surface area (Å²) in [5.41, 5.74) is 5.31. The number of hydrogen-bond acceptors (Lipinski definition) is 6. The fraction of sp³-hybridized carbons (Fsp3) is 0.105. The average molecular weight is 581 g/mol. The Kier molecular flexibility index (Phi) is 8.23. The van der Waals surface area contributed by atoms with E-state index < -0.39 is 0 Å². The molecule has 0 aliphatic rings. The third-order valence-electron chi connectivity index (χ3n) is 7.63. The van der Waals surface area contributed by atoms with Crippen LogP contribution in [0.1, 0.15) is 11.1 Å². The van der Waals surface area contributed by atoms with E-state index in [0.29, 0.717) is 11.5 Å². The molecule has 0 aliphatic carbocycles. The van der Waals surface area contributed by atoms with Gasteiger partial charge in [-0.2, -0.15) is 0 Å². The van der Waals surface area contributed by atoms with Crippen LogP contribution in [0.2, 0.25) is 0 Å². The van der Waals surface area contributed by atoms with Gasteiger partial charge in [0.05, 0.1) is 39.8 Å². The SMILES string of the molecule is COc1ccc(C=Nc2ccc3ccccc3c2-c2c(N=Cc3ccc(OC)cc3OC)ccc3ccccc23)c(OC)c1. The fourth-order valence-corrected chi connectivity index (χ4v) is 5.39. The Bertz CT molecular complexity index is 1880. The van der Waals surface area contributed by atoms with E-state index in [0.717, 1.165) is 66.7 Å². The van der Waals surface area contributed by atoms with E-state index in [-0.39, 0.29) is 0 Å². The standard InChI is InChI=1S/C38H32N2O4/c1-41-29-17-13-27(35(21-29)43-3)23-39-33-19-15-25-9-5-7-11-31(25)37(33)38-32-12-8-6-10-26(32)16-20-34(38)40-24-28-14-18-30(42-2)22-36(28)44-4/h5-24H,1-4H3. The third-order valence-corrected chi connectivity index (χ3v) is 7.63. The predicted molar refractivity (Wildman–Crippen MR) is 180 cm³/mol. The molecule has 0 saturated heterocycles. The summed E-state index contributed by atoms with van der Waals surface area (Å²) in [5.74, 6) is 2.80. The normalized spacial score (nSPS) is 11.5. The average Bonchev–Trinajstić information content (AvgIpc) is 3.09. The molecular formula is C38H32N2O4. The highest BCUT2D eigenvalue weighted by molar-refractivity contribution is 6.13. The Morgan fingerprint density at radius 1 is 0.455 bits per heavy atom. The zero-order chi connectivity index (χ0) is 30.5. The summed E-state index contributed by atoms with van der Waals surface area (Å²) in [6.07, 6.45) is 3.67. The minimum atomic E-state index is 0.680. The molecule has 0 N–H and O–H groups in total. The van der Waals surface area contributed by atoms with Crippen LogP contribution in [0, 0.1) is 0 Å². The molecule has 6 aromatic rings. The number of hydrogen-bond donors (Lipinski definition) is 0. The zero-order valence-electron chi connectivity index (χ0n) is 25.1. The van der Waals surface area contributed by atoms with Crippen LogP contribution in [0.5, 0.6) is 23.0 Å². The molecule has 0 saturated carbocycles. The lowest BCUT2D eigenvalue weighted by molar-refractivity contribution is 0.393. The molecule has 0 unspecified atom stereocenters. The Labute approximate surface area is 256 Å². The molecule has 0 atom stereocenters. The van der Waals surface area contributed by atoms with E-state index in [4.69, 9.17) is 28.9 Å². The molecule has 6 nitrogen and oxygen atoms in total. The van der Waals surface area contributed by atoms with Crippen molar-refractivity contribution >= 4 is 45.3 Å². The van der Waals surface area contributed by atoms with Crippen LogP contribution < -0.4 is 18.9 Å². The number of ether oxygens (including phenoxy) is 4. The summed E-state index contributed by atoms with van der Waals surface area (Å²) < 4.78 is 22.0. The first kappa shape index (κ1) is 28.5. The quantitative estimate of drug-likeness (QED) is 0.160. The van der Waals surface area contributed by atoms with Gasteiger partial charge in [0.25, 0.3) is 0 Å². The second-order valence-corrected chi connectivity index (χ2v) is 10.1. The third kappa shape index (κ3) is 5.57. The molecule has 0 bridgehead atoms. The molecule has 44 heavy (non-hydrogen) atoms. The number of rotatable bonds is 9. The van der Waals surface area contributed by atoms with Crippen molar-refractivity contribution < 1.29 is 18.9 Å². The highest BCUT2D eigenvalue weighted by Gasteiger charge is 2.17. The van der Waals surface area contributed by atoms with Crippen LogP contribution in [0.15, 0.2) is 119 Å². The predicted octanol–water partition coefficient (Wildman–Crippen LogP) is 9.20. The molecule has 218 valence electrons. The Balaban J connectivity index is 1.58. The van der Waals surface area contributed by atoms with Crippen LogP contribution in [-0.4, -0.2) is 40.9 Å². The van der Waals surface area contributed by atoms with Crippen molar-refractivity contribution in [3.05, 3.63) is 120 Å². The molecule has 6 heteroatoms. The van der Waals surface area contributed by atoms with E-state index in [1.807, 2.05) is 48.8 Å². The maximum atomic E-state index is 5.64. The minimum Gasteiger partial charge on any atom is -0.497 e. The Morgan fingerprint density at radius 2 is 0.886 bits per heavy atom. The zero-order valence-corrected chi connectivity index (χ0v) is 25.1. The first-order valence-corrected chi connectivity index (χ1v) is 14.2. The highest BCUT2D eigenvalue weighted by atomic mass is 16.5. The van der Waals surface area contributed by atoms with Crippen LogP contribution >= 0.6 is 0 Å². The smallest absolute Gasteiger partial charge is 0.131 e. The second-order valence-electron chi connectivity index (χ2n) is 10.1. The fourth-order valence-electron chi connectivity index (χ4n) is 5.39. The van der Waals surface area contributed by atoms with E-state index in [1.54, 1.807) is 28.4 Å². The molecule has 0 aromatic heterocycles. The first-order chi connectivity index (χ1) is 21.6. The summed E-state index contributed by atoms with van der Waals surface area (Å²) in [6, 6.07) is 36.5. The molecule has 0 amide bonds. The summed E-state index contributed by atoms with van der Waals surface area (Å²) in [5, 5.41) is 4.39. The summed E-state index contributed by atoms with van der Waals surface area (Å²) >= 11 is 0. The monoisotopic (exact) mass is 580 g/mol. The van der Waals surface area contributed by atoms with Crippen LogP contribution in [0.3, 0.4) is 0 Å². The molecule has 0 aliphatic heterocycles. The summed E-state index contributed by atoms with van der Waals surface area (Å²) in [7, 11) is 6.56. The summed E-state index contributed by atoms with van der Waals surface area (Å²) in [4.78, 5) is 10.1. The Morgan fingerprint density at radius 3 is 1.30 bits per heavy atom. The number of nitrogens with zero attached hydrogens (tertiary/aromatic N) is 2.